The van der Waals surface area contributed by atoms with Gasteiger partial charge in [0.1, 0.15) is 5.60 Å². The second kappa shape index (κ2) is 5.35. The zero-order valence-corrected chi connectivity index (χ0v) is 14.1. The van der Waals surface area contributed by atoms with E-state index in [-0.39, 0.29) is 0 Å². The summed E-state index contributed by atoms with van der Waals surface area (Å²) in [6.07, 6.45) is 0.946. The van der Waals surface area contributed by atoms with Crippen molar-refractivity contribution < 1.29 is 14.6 Å². The molecule has 5 nitrogen and oxygen atoms in total. The fourth-order valence-electron chi connectivity index (χ4n) is 2.06. The van der Waals surface area contributed by atoms with Crippen molar-refractivity contribution >= 4 is 22.0 Å². The summed E-state index contributed by atoms with van der Waals surface area (Å²) in [5, 5.41) is 12.0. The number of allylic oxidation sites excluding steroid dienone is 1. The van der Waals surface area contributed by atoms with Gasteiger partial charge in [0.05, 0.1) is 0 Å². The van der Waals surface area contributed by atoms with Crippen LogP contribution < -0.4 is 5.43 Å². The van der Waals surface area contributed by atoms with Crippen LogP contribution >= 0.6 is 15.9 Å². The molecular formula is C15H19BrN2O3. The average molecular weight is 355 g/mol. The van der Waals surface area contributed by atoms with Crippen molar-refractivity contribution in [3.05, 3.63) is 46.1 Å². The van der Waals surface area contributed by atoms with Crippen molar-refractivity contribution in [3.63, 3.8) is 0 Å². The molecule has 1 aliphatic rings. The zero-order valence-electron chi connectivity index (χ0n) is 12.5. The van der Waals surface area contributed by atoms with Gasteiger partial charge in [0.25, 0.3) is 0 Å². The minimum atomic E-state index is -1.58. The molecule has 0 saturated heterocycles. The SMILES string of the molecule is CC1=C[C@](O)(c2ccc(Br)cc2)N(C(=O)OC(C)(C)C)N1. The van der Waals surface area contributed by atoms with E-state index in [0.29, 0.717) is 11.3 Å². The summed E-state index contributed by atoms with van der Waals surface area (Å²) >= 11 is 3.35. The Balaban J connectivity index is 2.34. The number of aliphatic hydroxyl groups is 1. The molecule has 21 heavy (non-hydrogen) atoms. The molecule has 0 unspecified atom stereocenters. The average Bonchev–Trinajstić information content (AvgIpc) is 2.64. The molecule has 1 atom stereocenters. The molecule has 1 aliphatic heterocycles. The molecule has 0 fully saturated rings. The van der Waals surface area contributed by atoms with Crippen LogP contribution in [0.3, 0.4) is 0 Å². The van der Waals surface area contributed by atoms with Gasteiger partial charge in [0.15, 0.2) is 0 Å². The number of hydrazine groups is 1. The van der Waals surface area contributed by atoms with Crippen LogP contribution in [0.2, 0.25) is 0 Å². The van der Waals surface area contributed by atoms with Gasteiger partial charge in [0.2, 0.25) is 5.72 Å². The van der Waals surface area contributed by atoms with E-state index in [1.54, 1.807) is 45.9 Å². The first kappa shape index (κ1) is 15.9. The molecule has 0 aromatic heterocycles. The molecule has 1 aromatic carbocycles. The Morgan fingerprint density at radius 3 is 2.43 bits per heavy atom. The summed E-state index contributed by atoms with van der Waals surface area (Å²) in [6.45, 7) is 7.11. The molecule has 0 bridgehead atoms. The molecule has 1 aromatic rings. The van der Waals surface area contributed by atoms with Gasteiger partial charge >= 0.3 is 6.09 Å². The highest BCUT2D eigenvalue weighted by Crippen LogP contribution is 2.33. The van der Waals surface area contributed by atoms with Gasteiger partial charge in [-0.05, 0) is 45.9 Å². The molecule has 1 amide bonds. The summed E-state index contributed by atoms with van der Waals surface area (Å²) in [4.78, 5) is 12.3. The molecule has 1 heterocycles. The van der Waals surface area contributed by atoms with Crippen LogP contribution in [0.15, 0.2) is 40.5 Å². The first-order chi connectivity index (χ1) is 9.62. The van der Waals surface area contributed by atoms with Crippen LogP contribution in [-0.2, 0) is 10.5 Å². The first-order valence-corrected chi connectivity index (χ1v) is 7.39. The standard InChI is InChI=1S/C15H19BrN2O3/c1-10-9-15(20,11-5-7-12(16)8-6-11)18(17-10)13(19)21-14(2,3)4/h5-9,17,20H,1-4H3/t15-/m0/s1. The lowest BCUT2D eigenvalue weighted by atomic mass is 10.0. The van der Waals surface area contributed by atoms with Crippen molar-refractivity contribution in [1.29, 1.82) is 0 Å². The fourth-order valence-corrected chi connectivity index (χ4v) is 2.32. The molecule has 114 valence electrons. The Bertz CT molecular complexity index is 578. The van der Waals surface area contributed by atoms with Crippen LogP contribution in [0.5, 0.6) is 0 Å². The maximum Gasteiger partial charge on any atom is 0.432 e. The second-order valence-corrected chi connectivity index (χ2v) is 6.90. The smallest absolute Gasteiger partial charge is 0.432 e. The maximum absolute atomic E-state index is 12.3. The minimum Gasteiger partial charge on any atom is -0.442 e. The number of hydrogen-bond donors (Lipinski definition) is 2. The lowest BCUT2D eigenvalue weighted by Gasteiger charge is -2.34. The van der Waals surface area contributed by atoms with Crippen LogP contribution in [0.4, 0.5) is 4.79 Å². The van der Waals surface area contributed by atoms with Gasteiger partial charge in [-0.15, -0.1) is 0 Å². The van der Waals surface area contributed by atoms with Crippen molar-refractivity contribution in [2.75, 3.05) is 0 Å². The van der Waals surface area contributed by atoms with Crippen molar-refractivity contribution in [2.45, 2.75) is 39.0 Å². The summed E-state index contributed by atoms with van der Waals surface area (Å²) in [5.74, 6) is 0. The van der Waals surface area contributed by atoms with Crippen molar-refractivity contribution in [2.24, 2.45) is 0 Å². The summed E-state index contributed by atoms with van der Waals surface area (Å²) < 4.78 is 6.23. The molecule has 0 spiro atoms. The molecule has 2 N–H and O–H groups in total. The number of carbonyl (C=O) groups excluding carboxylic acids is 1. The molecule has 2 rings (SSSR count). The summed E-state index contributed by atoms with van der Waals surface area (Å²) in [6, 6.07) is 7.11. The lowest BCUT2D eigenvalue weighted by molar-refractivity contribution is -0.0859. The first-order valence-electron chi connectivity index (χ1n) is 6.59. The van der Waals surface area contributed by atoms with Crippen LogP contribution in [0.25, 0.3) is 0 Å². The number of halogens is 1. The van der Waals surface area contributed by atoms with Gasteiger partial charge < -0.3 is 9.84 Å². The van der Waals surface area contributed by atoms with E-state index in [1.165, 1.54) is 0 Å². The number of benzene rings is 1. The van der Waals surface area contributed by atoms with Crippen LogP contribution in [0, 0.1) is 0 Å². The Morgan fingerprint density at radius 1 is 1.33 bits per heavy atom. The van der Waals surface area contributed by atoms with E-state index in [0.717, 1.165) is 9.48 Å². The summed E-state index contributed by atoms with van der Waals surface area (Å²) in [7, 11) is 0. The highest BCUT2D eigenvalue weighted by molar-refractivity contribution is 9.10. The summed E-state index contributed by atoms with van der Waals surface area (Å²) in [5.41, 5.74) is 1.86. The predicted octanol–water partition coefficient (Wildman–Crippen LogP) is 3.25. The van der Waals surface area contributed by atoms with Gasteiger partial charge in [-0.3, -0.25) is 5.43 Å². The molecule has 0 aliphatic carbocycles. The number of ether oxygens (including phenoxy) is 1. The molecule has 0 saturated carbocycles. The Labute approximate surface area is 132 Å². The number of hydrogen-bond acceptors (Lipinski definition) is 4. The van der Waals surface area contributed by atoms with Crippen molar-refractivity contribution in [1.82, 2.24) is 10.4 Å². The van der Waals surface area contributed by atoms with E-state index in [9.17, 15) is 9.90 Å². The molecular weight excluding hydrogens is 336 g/mol. The van der Waals surface area contributed by atoms with Gasteiger partial charge in [-0.25, -0.2) is 4.79 Å². The number of amides is 1. The van der Waals surface area contributed by atoms with Gasteiger partial charge in [0, 0.05) is 15.7 Å². The Hall–Kier alpha value is -1.53. The Kier molecular flexibility index (Phi) is 4.04. The highest BCUT2D eigenvalue weighted by atomic mass is 79.9. The van der Waals surface area contributed by atoms with E-state index >= 15 is 0 Å². The minimum absolute atomic E-state index is 0.570. The van der Waals surface area contributed by atoms with Gasteiger partial charge in [-0.2, -0.15) is 5.01 Å². The second-order valence-electron chi connectivity index (χ2n) is 5.99. The van der Waals surface area contributed by atoms with E-state index < -0.39 is 17.4 Å². The third-order valence-corrected chi connectivity index (χ3v) is 3.42. The van der Waals surface area contributed by atoms with Crippen LogP contribution in [0.1, 0.15) is 33.3 Å². The van der Waals surface area contributed by atoms with E-state index in [1.807, 2.05) is 12.1 Å². The fraction of sp³-hybridized carbons (Fsp3) is 0.400. The highest BCUT2D eigenvalue weighted by Gasteiger charge is 2.44. The third kappa shape index (κ3) is 3.39. The number of nitrogens with zero attached hydrogens (tertiary/aromatic N) is 1. The number of rotatable bonds is 1. The van der Waals surface area contributed by atoms with Crippen LogP contribution in [-0.4, -0.2) is 21.8 Å². The predicted molar refractivity (Wildman–Crippen MR) is 83.0 cm³/mol. The van der Waals surface area contributed by atoms with Crippen molar-refractivity contribution in [3.8, 4) is 0 Å². The monoisotopic (exact) mass is 354 g/mol. The zero-order chi connectivity index (χ0) is 15.8. The van der Waals surface area contributed by atoms with Gasteiger partial charge in [-0.1, -0.05) is 28.1 Å². The number of nitrogens with one attached hydrogen (secondary N) is 1. The third-order valence-electron chi connectivity index (χ3n) is 2.89. The lowest BCUT2D eigenvalue weighted by Crippen LogP contribution is -2.52. The molecule has 6 heteroatoms. The quantitative estimate of drug-likeness (QED) is 0.812. The van der Waals surface area contributed by atoms with E-state index in [4.69, 9.17) is 4.74 Å². The molecule has 0 radical (unpaired) electrons. The Morgan fingerprint density at radius 2 is 1.90 bits per heavy atom. The van der Waals surface area contributed by atoms with E-state index in [2.05, 4.69) is 21.4 Å². The normalized spacial score (nSPS) is 21.8. The largest absolute Gasteiger partial charge is 0.442 e. The maximum atomic E-state index is 12.3. The topological polar surface area (TPSA) is 61.8 Å². The number of carbonyl (C=O) groups is 1.